The van der Waals surface area contributed by atoms with Crippen LogP contribution >= 0.6 is 23.5 Å². The van der Waals surface area contributed by atoms with Gasteiger partial charge in [0.05, 0.1) is 18.8 Å². The van der Waals surface area contributed by atoms with Crippen LogP contribution in [0.25, 0.3) is 0 Å². The van der Waals surface area contributed by atoms with Gasteiger partial charge in [-0.15, -0.1) is 5.10 Å². The van der Waals surface area contributed by atoms with Crippen LogP contribution in [-0.4, -0.2) is 60.9 Å². The molecule has 0 radical (unpaired) electrons. The van der Waals surface area contributed by atoms with E-state index in [1.54, 1.807) is 16.4 Å². The van der Waals surface area contributed by atoms with Crippen LogP contribution in [0.1, 0.15) is 19.3 Å². The number of thioether (sulfide) groups is 2. The summed E-state index contributed by atoms with van der Waals surface area (Å²) in [5.74, 6) is 2.32. The standard InChI is InChI=1S/C11H18N4O2S2/c16-4-3-15-10(12-13-14-15)19-9-1-5-17-11(7-9)2-6-18-8-11/h9,16H,1-8H2. The van der Waals surface area contributed by atoms with E-state index in [9.17, 15) is 0 Å². The lowest BCUT2D eigenvalue weighted by molar-refractivity contribution is -0.0562. The number of tetrazole rings is 1. The Morgan fingerprint density at radius 3 is 3.32 bits per heavy atom. The van der Waals surface area contributed by atoms with Gasteiger partial charge in [0, 0.05) is 17.6 Å². The van der Waals surface area contributed by atoms with Crippen molar-refractivity contribution in [2.45, 2.75) is 41.8 Å². The number of ether oxygens (including phenoxy) is 1. The lowest BCUT2D eigenvalue weighted by Crippen LogP contribution is -2.41. The van der Waals surface area contributed by atoms with Gasteiger partial charge >= 0.3 is 0 Å². The van der Waals surface area contributed by atoms with Crippen molar-refractivity contribution in [3.63, 3.8) is 0 Å². The van der Waals surface area contributed by atoms with Gasteiger partial charge in [0.15, 0.2) is 0 Å². The summed E-state index contributed by atoms with van der Waals surface area (Å²) in [4.78, 5) is 0. The fraction of sp³-hybridized carbons (Fsp3) is 0.909. The van der Waals surface area contributed by atoms with Crippen molar-refractivity contribution in [3.8, 4) is 0 Å². The fourth-order valence-electron chi connectivity index (χ4n) is 2.61. The molecule has 2 aliphatic heterocycles. The molecule has 1 spiro atoms. The molecule has 19 heavy (non-hydrogen) atoms. The third kappa shape index (κ3) is 3.07. The van der Waals surface area contributed by atoms with Gasteiger partial charge in [-0.1, -0.05) is 11.8 Å². The minimum atomic E-state index is 0.0625. The van der Waals surface area contributed by atoms with E-state index >= 15 is 0 Å². The van der Waals surface area contributed by atoms with Gasteiger partial charge in [0.2, 0.25) is 5.16 Å². The summed E-state index contributed by atoms with van der Waals surface area (Å²) in [6, 6.07) is 0. The van der Waals surface area contributed by atoms with Crippen LogP contribution < -0.4 is 0 Å². The fourth-order valence-corrected chi connectivity index (χ4v) is 5.22. The third-order valence-corrected chi connectivity index (χ3v) is 6.06. The topological polar surface area (TPSA) is 73.1 Å². The Kier molecular flexibility index (Phi) is 4.30. The second kappa shape index (κ2) is 5.99. The average Bonchev–Trinajstić information content (AvgIpc) is 3.01. The quantitative estimate of drug-likeness (QED) is 0.882. The minimum Gasteiger partial charge on any atom is -0.394 e. The first-order valence-electron chi connectivity index (χ1n) is 6.57. The van der Waals surface area contributed by atoms with Gasteiger partial charge in [-0.2, -0.15) is 11.8 Å². The normalized spacial score (nSPS) is 31.1. The molecule has 0 saturated carbocycles. The van der Waals surface area contributed by atoms with Gasteiger partial charge in [-0.3, -0.25) is 0 Å². The van der Waals surface area contributed by atoms with Crippen LogP contribution in [0.5, 0.6) is 0 Å². The van der Waals surface area contributed by atoms with Crippen molar-refractivity contribution in [1.82, 2.24) is 20.2 Å². The zero-order valence-corrected chi connectivity index (χ0v) is 12.3. The minimum absolute atomic E-state index is 0.0625. The van der Waals surface area contributed by atoms with Crippen molar-refractivity contribution in [3.05, 3.63) is 0 Å². The first-order valence-corrected chi connectivity index (χ1v) is 8.60. The molecule has 1 N–H and O–H groups in total. The summed E-state index contributed by atoms with van der Waals surface area (Å²) in [6.45, 7) is 1.35. The number of nitrogens with zero attached hydrogens (tertiary/aromatic N) is 4. The molecule has 8 heteroatoms. The van der Waals surface area contributed by atoms with Crippen LogP contribution in [0, 0.1) is 0 Å². The van der Waals surface area contributed by atoms with E-state index in [1.807, 2.05) is 11.8 Å². The van der Waals surface area contributed by atoms with Crippen molar-refractivity contribution in [1.29, 1.82) is 0 Å². The molecule has 2 fully saturated rings. The zero-order valence-electron chi connectivity index (χ0n) is 10.7. The molecule has 3 rings (SSSR count). The predicted molar refractivity (Wildman–Crippen MR) is 74.4 cm³/mol. The zero-order chi connectivity index (χ0) is 13.1. The number of aliphatic hydroxyl groups is 1. The molecule has 2 saturated heterocycles. The Bertz CT molecular complexity index is 423. The number of hydrogen-bond acceptors (Lipinski definition) is 7. The largest absolute Gasteiger partial charge is 0.394 e. The van der Waals surface area contributed by atoms with Crippen molar-refractivity contribution < 1.29 is 9.84 Å². The first kappa shape index (κ1) is 13.7. The maximum Gasteiger partial charge on any atom is 0.209 e. The summed E-state index contributed by atoms with van der Waals surface area (Å²) in [5.41, 5.74) is 0.0931. The van der Waals surface area contributed by atoms with E-state index < -0.39 is 0 Å². The lowest BCUT2D eigenvalue weighted by atomic mass is 9.93. The van der Waals surface area contributed by atoms with Gasteiger partial charge < -0.3 is 9.84 Å². The van der Waals surface area contributed by atoms with E-state index in [0.717, 1.165) is 36.8 Å². The van der Waals surface area contributed by atoms with Crippen LogP contribution in [0.3, 0.4) is 0 Å². The highest BCUT2D eigenvalue weighted by atomic mass is 32.2. The van der Waals surface area contributed by atoms with E-state index in [0.29, 0.717) is 11.8 Å². The van der Waals surface area contributed by atoms with Crippen molar-refractivity contribution in [2.24, 2.45) is 0 Å². The summed E-state index contributed by atoms with van der Waals surface area (Å²) in [7, 11) is 0. The van der Waals surface area contributed by atoms with Crippen molar-refractivity contribution in [2.75, 3.05) is 24.7 Å². The molecule has 2 unspecified atom stereocenters. The third-order valence-electron chi connectivity index (χ3n) is 3.60. The highest BCUT2D eigenvalue weighted by molar-refractivity contribution is 8.00. The Morgan fingerprint density at radius 2 is 2.53 bits per heavy atom. The summed E-state index contributed by atoms with van der Waals surface area (Å²) in [6.07, 6.45) is 3.29. The molecule has 6 nitrogen and oxygen atoms in total. The SMILES string of the molecule is OCCn1nnnc1SC1CCOC2(CCSC2)C1. The second-order valence-electron chi connectivity index (χ2n) is 4.97. The van der Waals surface area contributed by atoms with Crippen molar-refractivity contribution >= 4 is 23.5 Å². The predicted octanol–water partition coefficient (Wildman–Crippen LogP) is 0.812. The smallest absolute Gasteiger partial charge is 0.209 e. The Labute approximate surface area is 120 Å². The molecule has 2 atom stereocenters. The number of hydrogen-bond donors (Lipinski definition) is 1. The lowest BCUT2D eigenvalue weighted by Gasteiger charge is -2.37. The second-order valence-corrected chi connectivity index (χ2v) is 7.35. The molecular weight excluding hydrogens is 284 g/mol. The number of rotatable bonds is 4. The van der Waals surface area contributed by atoms with Gasteiger partial charge in [-0.25, -0.2) is 4.68 Å². The summed E-state index contributed by atoms with van der Waals surface area (Å²) in [5, 5.41) is 21.9. The van der Waals surface area contributed by atoms with Crippen LogP contribution in [-0.2, 0) is 11.3 Å². The summed E-state index contributed by atoms with van der Waals surface area (Å²) >= 11 is 3.71. The van der Waals surface area contributed by atoms with Gasteiger partial charge in [0.25, 0.3) is 0 Å². The Morgan fingerprint density at radius 1 is 1.58 bits per heavy atom. The van der Waals surface area contributed by atoms with E-state index in [2.05, 4.69) is 15.5 Å². The molecule has 3 heterocycles. The molecule has 1 aromatic heterocycles. The molecule has 2 aliphatic rings. The number of aromatic nitrogens is 4. The Balaban J connectivity index is 1.64. The first-order chi connectivity index (χ1) is 9.31. The molecular formula is C11H18N4O2S2. The summed E-state index contributed by atoms with van der Waals surface area (Å²) < 4.78 is 7.70. The highest BCUT2D eigenvalue weighted by Gasteiger charge is 2.41. The van der Waals surface area contributed by atoms with Crippen LogP contribution in [0.2, 0.25) is 0 Å². The molecule has 0 aliphatic carbocycles. The van der Waals surface area contributed by atoms with Gasteiger partial charge in [-0.05, 0) is 35.4 Å². The maximum absolute atomic E-state index is 8.99. The van der Waals surface area contributed by atoms with Gasteiger partial charge in [0.1, 0.15) is 0 Å². The monoisotopic (exact) mass is 302 g/mol. The number of aliphatic hydroxyl groups excluding tert-OH is 1. The molecule has 0 amide bonds. The Hall–Kier alpha value is -0.310. The molecule has 1 aromatic rings. The average molecular weight is 302 g/mol. The van der Waals surface area contributed by atoms with E-state index in [1.165, 1.54) is 5.75 Å². The molecule has 0 aromatic carbocycles. The van der Waals surface area contributed by atoms with E-state index in [-0.39, 0.29) is 12.2 Å². The molecule has 106 valence electrons. The highest BCUT2D eigenvalue weighted by Crippen LogP contribution is 2.42. The van der Waals surface area contributed by atoms with Crippen LogP contribution in [0.15, 0.2) is 5.16 Å². The van der Waals surface area contributed by atoms with Crippen LogP contribution in [0.4, 0.5) is 0 Å². The molecule has 0 bridgehead atoms. The maximum atomic E-state index is 8.99. The van der Waals surface area contributed by atoms with E-state index in [4.69, 9.17) is 9.84 Å².